The third kappa shape index (κ3) is 6.69. The summed E-state index contributed by atoms with van der Waals surface area (Å²) >= 11 is 0. The van der Waals surface area contributed by atoms with Crippen LogP contribution in [0.5, 0.6) is 11.5 Å². The lowest BCUT2D eigenvalue weighted by atomic mass is 10.0. The van der Waals surface area contributed by atoms with E-state index >= 15 is 0 Å². The molecule has 4 aliphatic rings. The number of fused-ring (bicyclic) bond motifs is 10. The molecule has 2 aromatic carbocycles. The van der Waals surface area contributed by atoms with Gasteiger partial charge in [0, 0.05) is 61.5 Å². The van der Waals surface area contributed by atoms with Crippen LogP contribution in [-0.4, -0.2) is 94.6 Å². The van der Waals surface area contributed by atoms with Crippen LogP contribution in [-0.2, 0) is 53.5 Å². The molecule has 0 bridgehead atoms. The number of imidazole rings is 2. The summed E-state index contributed by atoms with van der Waals surface area (Å²) in [5.41, 5.74) is 10.7. The third-order valence-electron chi connectivity index (χ3n) is 12.6. The average molecular weight is 866 g/mol. The van der Waals surface area contributed by atoms with Crippen molar-refractivity contribution in [1.29, 1.82) is 0 Å². The fraction of sp³-hybridized carbons (Fsp3) is 0.378. The summed E-state index contributed by atoms with van der Waals surface area (Å²) in [7, 11) is 4.95. The molecule has 0 spiro atoms. The largest absolute Gasteiger partial charge is 0.497 e. The molecule has 3 aliphatic heterocycles. The Morgan fingerprint density at radius 3 is 2.20 bits per heavy atom. The molecule has 0 N–H and O–H groups in total. The molecule has 0 atom stereocenters. The smallest absolute Gasteiger partial charge is 0.302 e. The van der Waals surface area contributed by atoms with E-state index in [1.807, 2.05) is 40.0 Å². The maximum Gasteiger partial charge on any atom is 0.302 e. The average Bonchev–Trinajstić information content (AvgIpc) is 4.17. The summed E-state index contributed by atoms with van der Waals surface area (Å²) in [6.07, 6.45) is 13.9. The predicted octanol–water partition coefficient (Wildman–Crippen LogP) is 5.36. The lowest BCUT2D eigenvalue weighted by Crippen LogP contribution is -2.38. The molecule has 326 valence electrons. The molecule has 9 heterocycles. The highest BCUT2D eigenvalue weighted by molar-refractivity contribution is 5.78. The van der Waals surface area contributed by atoms with Crippen LogP contribution < -0.4 is 14.0 Å². The highest BCUT2D eigenvalue weighted by atomic mass is 16.5. The van der Waals surface area contributed by atoms with Gasteiger partial charge in [-0.15, -0.1) is 0 Å². The van der Waals surface area contributed by atoms with Gasteiger partial charge in [0.05, 0.1) is 56.2 Å². The van der Waals surface area contributed by atoms with E-state index in [1.165, 1.54) is 12.8 Å². The Hall–Kier alpha value is -6.96. The monoisotopic (exact) mass is 865 g/mol. The van der Waals surface area contributed by atoms with Gasteiger partial charge in [0.25, 0.3) is 12.2 Å². The highest BCUT2D eigenvalue weighted by Crippen LogP contribution is 2.41. The van der Waals surface area contributed by atoms with E-state index in [4.69, 9.17) is 57.9 Å². The van der Waals surface area contributed by atoms with E-state index in [2.05, 4.69) is 54.9 Å². The van der Waals surface area contributed by atoms with Gasteiger partial charge in [0.15, 0.2) is 18.2 Å². The number of nitrogens with zero attached hydrogens (tertiary/aromatic N) is 12. The SMILES string of the molecule is COCc1noc(-c2c3n(c[n+]2Cn2cc4c(n2)-c2cc(OC)ccc2-n2cnc(-c5noc(COC6CCCC6)n5)c2C4)-c2ccc(OC)cc2-c2nn(CC4COC4)cc2C3)n1. The van der Waals surface area contributed by atoms with Gasteiger partial charge in [-0.25, -0.2) is 14.2 Å². The predicted molar refractivity (Wildman–Crippen MR) is 225 cm³/mol. The Kier molecular flexibility index (Phi) is 9.48. The second kappa shape index (κ2) is 15.7. The summed E-state index contributed by atoms with van der Waals surface area (Å²) in [6.45, 7) is 3.03. The van der Waals surface area contributed by atoms with Gasteiger partial charge < -0.3 is 37.3 Å². The van der Waals surface area contributed by atoms with Crippen molar-refractivity contribution in [2.24, 2.45) is 5.92 Å². The van der Waals surface area contributed by atoms with Gasteiger partial charge in [-0.2, -0.15) is 24.7 Å². The number of methoxy groups -OCH3 is 3. The van der Waals surface area contributed by atoms with Gasteiger partial charge in [-0.05, 0) is 49.2 Å². The summed E-state index contributed by atoms with van der Waals surface area (Å²) < 4.78 is 50.5. The lowest BCUT2D eigenvalue weighted by molar-refractivity contribution is -0.692. The Bertz CT molecular complexity index is 3030. The van der Waals surface area contributed by atoms with Crippen LogP contribution in [0.1, 0.15) is 59.9 Å². The normalized spacial score (nSPS) is 15.4. The fourth-order valence-electron chi connectivity index (χ4n) is 9.46. The molecule has 1 aliphatic carbocycles. The molecule has 64 heavy (non-hydrogen) atoms. The van der Waals surface area contributed by atoms with Crippen LogP contribution >= 0.6 is 0 Å². The van der Waals surface area contributed by atoms with Gasteiger partial charge in [-0.1, -0.05) is 23.2 Å². The molecule has 12 rings (SSSR count). The molecule has 0 amide bonds. The van der Waals surface area contributed by atoms with Gasteiger partial charge >= 0.3 is 5.89 Å². The maximum atomic E-state index is 6.08. The molecule has 0 radical (unpaired) electrons. The molecular formula is C45H45N12O7+. The van der Waals surface area contributed by atoms with E-state index in [0.717, 1.165) is 100 Å². The molecule has 19 nitrogen and oxygen atoms in total. The van der Waals surface area contributed by atoms with Crippen molar-refractivity contribution >= 4 is 0 Å². The standard InChI is InChI=1S/C45H45N12O7/c1-58-21-38-47-45(64-51-38)43-37-13-28-17-54(16-26-19-61-20-26)49-40(28)33-15-31(60-3)9-11-35(33)57(37)25-53(43)24-55-18-27-12-36-42(44-48-39(63-52-44)22-62-29-6-4-5-7-29)46-23-56(36)34-10-8-30(59-2)14-32(34)41(27)50-55/h8-11,14-15,17-18,23,25-26,29H,4-7,12-13,16,19-22,24H2,1-3H3/q+1. The van der Waals surface area contributed by atoms with Crippen LogP contribution in [0.3, 0.4) is 0 Å². The third-order valence-corrected chi connectivity index (χ3v) is 12.6. The van der Waals surface area contributed by atoms with E-state index in [-0.39, 0.29) is 19.3 Å². The van der Waals surface area contributed by atoms with Crippen molar-refractivity contribution in [1.82, 2.24) is 54.0 Å². The first kappa shape index (κ1) is 38.7. The number of aromatic nitrogens is 12. The van der Waals surface area contributed by atoms with E-state index in [1.54, 1.807) is 21.3 Å². The van der Waals surface area contributed by atoms with Gasteiger partial charge in [0.1, 0.15) is 48.1 Å². The van der Waals surface area contributed by atoms with Crippen molar-refractivity contribution in [2.75, 3.05) is 34.5 Å². The second-order valence-electron chi connectivity index (χ2n) is 16.8. The molecule has 19 heteroatoms. The number of hydrogen-bond acceptors (Lipinski definition) is 14. The van der Waals surface area contributed by atoms with Crippen LogP contribution in [0.15, 0.2) is 70.5 Å². The first-order valence-electron chi connectivity index (χ1n) is 21.5. The topological polar surface area (TPSA) is 186 Å². The Morgan fingerprint density at radius 1 is 0.766 bits per heavy atom. The first-order valence-corrected chi connectivity index (χ1v) is 21.5. The van der Waals surface area contributed by atoms with Gasteiger partial charge in [0.2, 0.25) is 11.5 Å². The fourth-order valence-corrected chi connectivity index (χ4v) is 9.46. The van der Waals surface area contributed by atoms with Crippen LogP contribution in [0.4, 0.5) is 0 Å². The van der Waals surface area contributed by atoms with Crippen molar-refractivity contribution < 1.29 is 37.3 Å². The van der Waals surface area contributed by atoms with Crippen molar-refractivity contribution in [2.45, 2.75) is 71.1 Å². The quantitative estimate of drug-likeness (QED) is 0.135. The van der Waals surface area contributed by atoms with E-state index < -0.39 is 0 Å². The van der Waals surface area contributed by atoms with Crippen LogP contribution in [0, 0.1) is 5.92 Å². The Labute approximate surface area is 366 Å². The maximum absolute atomic E-state index is 6.08. The molecule has 8 aromatic rings. The number of ether oxygens (including phenoxy) is 5. The van der Waals surface area contributed by atoms with Crippen LogP contribution in [0.2, 0.25) is 0 Å². The minimum atomic E-state index is 0.205. The lowest BCUT2D eigenvalue weighted by Gasteiger charge is -2.25. The number of hydrogen-bond donors (Lipinski definition) is 0. The zero-order chi connectivity index (χ0) is 42.9. The highest BCUT2D eigenvalue weighted by Gasteiger charge is 2.37. The minimum absolute atomic E-state index is 0.205. The second-order valence-corrected chi connectivity index (χ2v) is 16.8. The molecule has 0 unspecified atom stereocenters. The van der Waals surface area contributed by atoms with E-state index in [0.29, 0.717) is 60.3 Å². The first-order chi connectivity index (χ1) is 31.5. The van der Waals surface area contributed by atoms with Gasteiger partial charge in [-0.3, -0.25) is 4.68 Å². The minimum Gasteiger partial charge on any atom is -0.497 e. The zero-order valence-electron chi connectivity index (χ0n) is 35.6. The summed E-state index contributed by atoms with van der Waals surface area (Å²) in [4.78, 5) is 14.4. The molecule has 2 fully saturated rings. The molecular weight excluding hydrogens is 821 g/mol. The summed E-state index contributed by atoms with van der Waals surface area (Å²) in [5.74, 6) is 3.53. The summed E-state index contributed by atoms with van der Waals surface area (Å²) in [6, 6.07) is 12.1. The van der Waals surface area contributed by atoms with Crippen LogP contribution in [0.25, 0.3) is 57.0 Å². The van der Waals surface area contributed by atoms with Crippen molar-refractivity contribution in [3.63, 3.8) is 0 Å². The number of rotatable bonds is 13. The Morgan fingerprint density at radius 2 is 1.48 bits per heavy atom. The van der Waals surface area contributed by atoms with Crippen molar-refractivity contribution in [3.8, 4) is 68.5 Å². The molecule has 6 aromatic heterocycles. The molecule has 1 saturated carbocycles. The zero-order valence-corrected chi connectivity index (χ0v) is 35.6. The number of benzene rings is 2. The van der Waals surface area contributed by atoms with Crippen molar-refractivity contribution in [3.05, 3.63) is 95.7 Å². The van der Waals surface area contributed by atoms with E-state index in [9.17, 15) is 0 Å². The summed E-state index contributed by atoms with van der Waals surface area (Å²) in [5, 5.41) is 19.1. The Balaban J connectivity index is 0.952. The molecule has 1 saturated heterocycles.